The SMILES string of the molecule is NC(=O)c1cccnc1Nc1ccc2ncncc2c1. The van der Waals surface area contributed by atoms with Gasteiger partial charge < -0.3 is 11.1 Å². The van der Waals surface area contributed by atoms with Crippen LogP contribution in [0.4, 0.5) is 11.5 Å². The zero-order chi connectivity index (χ0) is 13.9. The number of hydrogen-bond acceptors (Lipinski definition) is 5. The molecule has 2 aromatic heterocycles. The molecule has 6 heteroatoms. The number of nitrogens with two attached hydrogens (primary N) is 1. The highest BCUT2D eigenvalue weighted by molar-refractivity contribution is 5.98. The second kappa shape index (κ2) is 4.93. The monoisotopic (exact) mass is 265 g/mol. The molecule has 1 amide bonds. The first kappa shape index (κ1) is 12.0. The summed E-state index contributed by atoms with van der Waals surface area (Å²) in [5.74, 6) is -0.0964. The molecule has 0 fully saturated rings. The van der Waals surface area contributed by atoms with E-state index in [0.29, 0.717) is 11.4 Å². The van der Waals surface area contributed by atoms with Crippen molar-refractivity contribution >= 4 is 28.3 Å². The van der Waals surface area contributed by atoms with Crippen molar-refractivity contribution in [2.24, 2.45) is 5.73 Å². The van der Waals surface area contributed by atoms with Gasteiger partial charge in [0.05, 0.1) is 11.1 Å². The number of nitrogens with zero attached hydrogens (tertiary/aromatic N) is 3. The molecule has 0 atom stereocenters. The first-order valence-electron chi connectivity index (χ1n) is 5.95. The van der Waals surface area contributed by atoms with Gasteiger partial charge in [-0.1, -0.05) is 0 Å². The van der Waals surface area contributed by atoms with E-state index in [1.807, 2.05) is 18.2 Å². The van der Waals surface area contributed by atoms with E-state index in [1.54, 1.807) is 24.5 Å². The van der Waals surface area contributed by atoms with Crippen molar-refractivity contribution in [2.75, 3.05) is 5.32 Å². The Hall–Kier alpha value is -3.02. The third-order valence-corrected chi connectivity index (χ3v) is 2.84. The Labute approximate surface area is 114 Å². The number of carbonyl (C=O) groups excluding carboxylic acids is 1. The predicted octanol–water partition coefficient (Wildman–Crippen LogP) is 1.87. The molecule has 0 saturated heterocycles. The van der Waals surface area contributed by atoms with Crippen molar-refractivity contribution in [1.29, 1.82) is 0 Å². The summed E-state index contributed by atoms with van der Waals surface area (Å²) in [6, 6.07) is 8.90. The number of benzene rings is 1. The molecular formula is C14H11N5O. The molecule has 3 aromatic rings. The van der Waals surface area contributed by atoms with Gasteiger partial charge in [-0.15, -0.1) is 0 Å². The van der Waals surface area contributed by atoms with Crippen molar-refractivity contribution in [2.45, 2.75) is 0 Å². The van der Waals surface area contributed by atoms with E-state index in [9.17, 15) is 4.79 Å². The maximum Gasteiger partial charge on any atom is 0.252 e. The van der Waals surface area contributed by atoms with Gasteiger partial charge in [0, 0.05) is 23.5 Å². The largest absolute Gasteiger partial charge is 0.365 e. The van der Waals surface area contributed by atoms with Crippen LogP contribution in [0.25, 0.3) is 10.9 Å². The van der Waals surface area contributed by atoms with Crippen LogP contribution < -0.4 is 11.1 Å². The molecule has 6 nitrogen and oxygen atoms in total. The normalized spacial score (nSPS) is 10.4. The lowest BCUT2D eigenvalue weighted by molar-refractivity contribution is 0.100. The Morgan fingerprint density at radius 2 is 2.10 bits per heavy atom. The summed E-state index contributed by atoms with van der Waals surface area (Å²) < 4.78 is 0. The van der Waals surface area contributed by atoms with Crippen molar-refractivity contribution in [3.05, 3.63) is 54.6 Å². The van der Waals surface area contributed by atoms with Crippen molar-refractivity contribution < 1.29 is 4.79 Å². The van der Waals surface area contributed by atoms with Crippen LogP contribution in [0.15, 0.2) is 49.1 Å². The molecule has 0 saturated carbocycles. The van der Waals surface area contributed by atoms with Crippen LogP contribution in [-0.2, 0) is 0 Å². The number of nitrogens with one attached hydrogen (secondary N) is 1. The minimum atomic E-state index is -0.523. The highest BCUT2D eigenvalue weighted by Crippen LogP contribution is 2.21. The Morgan fingerprint density at radius 1 is 1.20 bits per heavy atom. The van der Waals surface area contributed by atoms with Crippen LogP contribution in [-0.4, -0.2) is 20.9 Å². The quantitative estimate of drug-likeness (QED) is 0.754. The van der Waals surface area contributed by atoms with Gasteiger partial charge in [0.1, 0.15) is 12.1 Å². The number of fused-ring (bicyclic) bond motifs is 1. The third kappa shape index (κ3) is 2.26. The Morgan fingerprint density at radius 3 is 2.95 bits per heavy atom. The zero-order valence-electron chi connectivity index (χ0n) is 10.4. The fourth-order valence-corrected chi connectivity index (χ4v) is 1.90. The summed E-state index contributed by atoms with van der Waals surface area (Å²) >= 11 is 0. The number of hydrogen-bond donors (Lipinski definition) is 2. The number of rotatable bonds is 3. The van der Waals surface area contributed by atoms with Gasteiger partial charge in [-0.05, 0) is 30.3 Å². The molecule has 3 rings (SSSR count). The van der Waals surface area contributed by atoms with E-state index >= 15 is 0 Å². The average Bonchev–Trinajstić information content (AvgIpc) is 2.47. The van der Waals surface area contributed by atoms with E-state index in [-0.39, 0.29) is 0 Å². The van der Waals surface area contributed by atoms with E-state index in [2.05, 4.69) is 20.3 Å². The lowest BCUT2D eigenvalue weighted by atomic mass is 10.2. The van der Waals surface area contributed by atoms with E-state index in [4.69, 9.17) is 5.73 Å². The Kier molecular flexibility index (Phi) is 2.96. The summed E-state index contributed by atoms with van der Waals surface area (Å²) in [6.07, 6.45) is 4.82. The summed E-state index contributed by atoms with van der Waals surface area (Å²) in [6.45, 7) is 0. The molecule has 0 unspecified atom stereocenters. The summed E-state index contributed by atoms with van der Waals surface area (Å²) in [5, 5.41) is 3.98. The van der Waals surface area contributed by atoms with Crippen LogP contribution >= 0.6 is 0 Å². The number of carbonyl (C=O) groups is 1. The third-order valence-electron chi connectivity index (χ3n) is 2.84. The fourth-order valence-electron chi connectivity index (χ4n) is 1.90. The topological polar surface area (TPSA) is 93.8 Å². The van der Waals surface area contributed by atoms with Crippen LogP contribution in [0, 0.1) is 0 Å². The Bertz CT molecular complexity index is 787. The summed E-state index contributed by atoms with van der Waals surface area (Å²) in [5.41, 5.74) is 7.30. The number of amides is 1. The maximum absolute atomic E-state index is 11.3. The van der Waals surface area contributed by atoms with Gasteiger partial charge in [-0.25, -0.2) is 15.0 Å². The average molecular weight is 265 g/mol. The van der Waals surface area contributed by atoms with Gasteiger partial charge in [-0.3, -0.25) is 4.79 Å². The molecule has 2 heterocycles. The lowest BCUT2D eigenvalue weighted by Crippen LogP contribution is -2.14. The molecule has 1 aromatic carbocycles. The molecule has 98 valence electrons. The first-order valence-corrected chi connectivity index (χ1v) is 5.95. The van der Waals surface area contributed by atoms with Crippen LogP contribution in [0.3, 0.4) is 0 Å². The van der Waals surface area contributed by atoms with Gasteiger partial charge in [-0.2, -0.15) is 0 Å². The number of primary amides is 1. The molecule has 0 bridgehead atoms. The number of aromatic nitrogens is 3. The molecule has 0 spiro atoms. The smallest absolute Gasteiger partial charge is 0.252 e. The van der Waals surface area contributed by atoms with Gasteiger partial charge in [0.25, 0.3) is 5.91 Å². The second-order valence-electron chi connectivity index (χ2n) is 4.19. The lowest BCUT2D eigenvalue weighted by Gasteiger charge is -2.09. The highest BCUT2D eigenvalue weighted by atomic mass is 16.1. The van der Waals surface area contributed by atoms with Crippen molar-refractivity contribution in [1.82, 2.24) is 15.0 Å². The molecular weight excluding hydrogens is 254 g/mol. The van der Waals surface area contributed by atoms with E-state index in [0.717, 1.165) is 16.6 Å². The summed E-state index contributed by atoms with van der Waals surface area (Å²) in [7, 11) is 0. The minimum absolute atomic E-state index is 0.344. The summed E-state index contributed by atoms with van der Waals surface area (Å²) in [4.78, 5) is 23.6. The minimum Gasteiger partial charge on any atom is -0.365 e. The zero-order valence-corrected chi connectivity index (χ0v) is 10.4. The molecule has 0 aliphatic carbocycles. The van der Waals surface area contributed by atoms with Crippen molar-refractivity contribution in [3.8, 4) is 0 Å². The van der Waals surface area contributed by atoms with E-state index in [1.165, 1.54) is 6.33 Å². The van der Waals surface area contributed by atoms with Gasteiger partial charge in [0.2, 0.25) is 0 Å². The standard InChI is InChI=1S/C14H11N5O/c15-13(20)11-2-1-5-17-14(11)19-10-3-4-12-9(6-10)7-16-8-18-12/h1-8H,(H2,15,20)(H,17,19). The molecule has 0 radical (unpaired) electrons. The first-order chi connectivity index (χ1) is 9.74. The molecule has 0 aliphatic rings. The van der Waals surface area contributed by atoms with Crippen LogP contribution in [0.1, 0.15) is 10.4 Å². The van der Waals surface area contributed by atoms with Gasteiger partial charge in [0.15, 0.2) is 0 Å². The molecule has 3 N–H and O–H groups in total. The second-order valence-corrected chi connectivity index (χ2v) is 4.19. The maximum atomic E-state index is 11.3. The van der Waals surface area contributed by atoms with E-state index < -0.39 is 5.91 Å². The van der Waals surface area contributed by atoms with Crippen molar-refractivity contribution in [3.63, 3.8) is 0 Å². The Balaban J connectivity index is 1.99. The number of pyridine rings is 1. The van der Waals surface area contributed by atoms with Crippen LogP contribution in [0.5, 0.6) is 0 Å². The van der Waals surface area contributed by atoms with Crippen LogP contribution in [0.2, 0.25) is 0 Å². The molecule has 0 aliphatic heterocycles. The van der Waals surface area contributed by atoms with Gasteiger partial charge >= 0.3 is 0 Å². The highest BCUT2D eigenvalue weighted by Gasteiger charge is 2.09. The molecule has 20 heavy (non-hydrogen) atoms. The number of anilines is 2. The predicted molar refractivity (Wildman–Crippen MR) is 75.6 cm³/mol. The fraction of sp³-hybridized carbons (Fsp3) is 0.